The molecule has 15 nitrogen and oxygen atoms in total. The Bertz CT molecular complexity index is 1730. The summed E-state index contributed by atoms with van der Waals surface area (Å²) in [5.74, 6) is 0.487. The van der Waals surface area contributed by atoms with Crippen LogP contribution >= 0.6 is 0 Å². The second kappa shape index (κ2) is 20.1. The zero-order valence-electron chi connectivity index (χ0n) is 43.8. The van der Waals surface area contributed by atoms with Gasteiger partial charge in [0.05, 0.1) is 35.1 Å². The molecule has 4 heterocycles. The Morgan fingerprint density at radius 2 is 0.833 bits per heavy atom. The number of carbonyl (C=O) groups excluding carboxylic acids is 3. The molecule has 3 amide bonds. The fourth-order valence-electron chi connectivity index (χ4n) is 13.5. The second-order valence-electron chi connectivity index (χ2n) is 25.1. The molecule has 7 aliphatic rings. The topological polar surface area (TPSA) is 125 Å². The van der Waals surface area contributed by atoms with Crippen molar-refractivity contribution in [3.63, 3.8) is 0 Å². The van der Waals surface area contributed by atoms with Gasteiger partial charge in [0, 0.05) is 93.6 Å². The molecule has 376 valence electrons. The molecule has 66 heavy (non-hydrogen) atoms. The van der Waals surface area contributed by atoms with Crippen molar-refractivity contribution in [1.82, 2.24) is 61.3 Å². The Balaban J connectivity index is 1.26. The Labute approximate surface area is 400 Å². The summed E-state index contributed by atoms with van der Waals surface area (Å²) in [4.78, 5) is 51.2. The number of nitrogens with zero attached hydrogens (tertiary/aromatic N) is 8. The lowest BCUT2D eigenvalue weighted by Gasteiger charge is -2.53. The Kier molecular flexibility index (Phi) is 15.6. The fourth-order valence-corrected chi connectivity index (χ4v) is 13.5. The van der Waals surface area contributed by atoms with E-state index in [-0.39, 0.29) is 34.3 Å². The van der Waals surface area contributed by atoms with Gasteiger partial charge in [0.2, 0.25) is 17.7 Å². The van der Waals surface area contributed by atoms with Gasteiger partial charge in [-0.15, -0.1) is 5.53 Å². The van der Waals surface area contributed by atoms with Crippen LogP contribution < -0.4 is 21.5 Å². The lowest BCUT2D eigenvalue weighted by molar-refractivity contribution is -0.216. The van der Waals surface area contributed by atoms with Gasteiger partial charge in [-0.1, -0.05) is 57.8 Å². The number of hydrazine groups is 4. The number of rotatable bonds is 15. The zero-order valence-corrected chi connectivity index (χ0v) is 43.8. The largest absolute Gasteiger partial charge is 0.368 e. The van der Waals surface area contributed by atoms with Crippen LogP contribution in [0, 0.1) is 0 Å². The molecule has 6 fully saturated rings. The molecule has 0 radical (unpaired) electrons. The summed E-state index contributed by atoms with van der Waals surface area (Å²) >= 11 is 0. The van der Waals surface area contributed by atoms with Crippen molar-refractivity contribution in [2.45, 2.75) is 231 Å². The maximum absolute atomic E-state index is 14.1. The third kappa shape index (κ3) is 12.2. The number of hydrogen-bond acceptors (Lipinski definition) is 12. The van der Waals surface area contributed by atoms with E-state index in [0.29, 0.717) is 70.5 Å². The van der Waals surface area contributed by atoms with Crippen molar-refractivity contribution < 1.29 is 14.4 Å². The van der Waals surface area contributed by atoms with E-state index >= 15 is 0 Å². The van der Waals surface area contributed by atoms with Crippen molar-refractivity contribution in [3.05, 3.63) is 11.9 Å². The maximum atomic E-state index is 14.1. The minimum absolute atomic E-state index is 0.157. The molecule has 4 aliphatic heterocycles. The summed E-state index contributed by atoms with van der Waals surface area (Å²) in [6.07, 6.45) is 20.1. The molecular formula is C51H94N12O3. The minimum Gasteiger partial charge on any atom is -0.368 e. The zero-order chi connectivity index (χ0) is 47.9. The molecule has 15 heteroatoms. The molecule has 3 aliphatic carbocycles. The summed E-state index contributed by atoms with van der Waals surface area (Å²) in [5, 5.41) is 20.7. The fraction of sp³-hybridized carbons (Fsp3) is 0.902. The molecule has 3 saturated carbocycles. The van der Waals surface area contributed by atoms with Crippen molar-refractivity contribution in [2.75, 3.05) is 65.4 Å². The third-order valence-electron chi connectivity index (χ3n) is 15.8. The van der Waals surface area contributed by atoms with E-state index in [0.717, 1.165) is 51.6 Å². The van der Waals surface area contributed by atoms with E-state index in [1.807, 2.05) is 41.5 Å². The molecule has 0 aromatic carbocycles. The molecule has 0 atom stereocenters. The van der Waals surface area contributed by atoms with Crippen LogP contribution in [0.3, 0.4) is 0 Å². The van der Waals surface area contributed by atoms with E-state index in [2.05, 4.69) is 109 Å². The number of hydrogen-bond donors (Lipinski definition) is 4. The van der Waals surface area contributed by atoms with Crippen molar-refractivity contribution in [1.29, 1.82) is 0 Å². The summed E-state index contributed by atoms with van der Waals surface area (Å²) in [7, 11) is 0. The van der Waals surface area contributed by atoms with Crippen LogP contribution in [0.1, 0.15) is 179 Å². The quantitative estimate of drug-likeness (QED) is 0.164. The minimum atomic E-state index is -0.641. The van der Waals surface area contributed by atoms with E-state index in [1.54, 1.807) is 0 Å². The van der Waals surface area contributed by atoms with E-state index in [4.69, 9.17) is 0 Å². The summed E-state index contributed by atoms with van der Waals surface area (Å²) < 4.78 is 0. The Morgan fingerprint density at radius 3 is 1.24 bits per heavy atom. The van der Waals surface area contributed by atoms with E-state index in [1.165, 1.54) is 63.5 Å². The summed E-state index contributed by atoms with van der Waals surface area (Å²) in [6.45, 7) is 32.2. The van der Waals surface area contributed by atoms with Crippen LogP contribution in [0.25, 0.3) is 0 Å². The van der Waals surface area contributed by atoms with Gasteiger partial charge in [0.25, 0.3) is 0 Å². The van der Waals surface area contributed by atoms with Crippen LogP contribution in [-0.2, 0) is 14.4 Å². The lowest BCUT2D eigenvalue weighted by atomic mass is 9.90. The first-order valence-electron chi connectivity index (χ1n) is 26.5. The van der Waals surface area contributed by atoms with Crippen LogP contribution in [0.2, 0.25) is 0 Å². The second-order valence-corrected chi connectivity index (χ2v) is 25.1. The third-order valence-corrected chi connectivity index (χ3v) is 15.8. The molecule has 0 bridgehead atoms. The molecule has 0 spiro atoms. The van der Waals surface area contributed by atoms with E-state index < -0.39 is 16.6 Å². The number of piperazine rings is 3. The number of carbonyl (C=O) groups is 3. The number of nitrogens with one attached hydrogen (secondary N) is 4. The van der Waals surface area contributed by atoms with Crippen LogP contribution in [0.4, 0.5) is 0 Å². The van der Waals surface area contributed by atoms with Gasteiger partial charge in [-0.3, -0.25) is 30.3 Å². The lowest BCUT2D eigenvalue weighted by Crippen LogP contribution is -2.72. The highest BCUT2D eigenvalue weighted by Gasteiger charge is 2.47. The highest BCUT2D eigenvalue weighted by Crippen LogP contribution is 2.33. The standard InChI is InChI=1S/C51H94N12O3/c1-46(2)36-56(43(64)49(7,8)52-46)28-31-59(39-22-16-13-17-23-39)42-34-62(60(40-24-18-14-19-25-40)32-29-57-37-47(3,4)53-50(9,10)44(57)65)55-63(35-42)61(41-26-20-15-21-27-41)33-30-58-38-48(5,6)54-51(11,12)45(58)66/h34,39-41,52-55H,13-33,35-38H2,1-12H3. The predicted octanol–water partition coefficient (Wildman–Crippen LogP) is 5.57. The van der Waals surface area contributed by atoms with Gasteiger partial charge in [-0.25, -0.2) is 15.1 Å². The highest BCUT2D eigenvalue weighted by atomic mass is 16.2. The molecule has 0 unspecified atom stereocenters. The van der Waals surface area contributed by atoms with Gasteiger partial charge in [-0.05, 0) is 122 Å². The predicted molar refractivity (Wildman–Crippen MR) is 264 cm³/mol. The van der Waals surface area contributed by atoms with Gasteiger partial charge in [-0.2, -0.15) is 5.12 Å². The van der Waals surface area contributed by atoms with Gasteiger partial charge in [0.15, 0.2) is 0 Å². The molecule has 4 N–H and O–H groups in total. The molecule has 0 aromatic rings. The highest BCUT2D eigenvalue weighted by molar-refractivity contribution is 5.87. The first kappa shape index (κ1) is 51.3. The average molecular weight is 923 g/mol. The van der Waals surface area contributed by atoms with Crippen LogP contribution in [-0.4, -0.2) is 174 Å². The van der Waals surface area contributed by atoms with Gasteiger partial charge >= 0.3 is 0 Å². The van der Waals surface area contributed by atoms with Crippen molar-refractivity contribution in [3.8, 4) is 0 Å². The smallest absolute Gasteiger partial charge is 0.242 e. The summed E-state index contributed by atoms with van der Waals surface area (Å²) in [5.41, 5.74) is 2.81. The van der Waals surface area contributed by atoms with Gasteiger partial charge in [0.1, 0.15) is 0 Å². The monoisotopic (exact) mass is 923 g/mol. The van der Waals surface area contributed by atoms with E-state index in [9.17, 15) is 14.4 Å². The summed E-state index contributed by atoms with van der Waals surface area (Å²) in [6, 6.07) is 1.03. The molecule has 3 saturated heterocycles. The molecular weight excluding hydrogens is 829 g/mol. The molecule has 7 rings (SSSR count). The average Bonchev–Trinajstić information content (AvgIpc) is 3.23. The Hall–Kier alpha value is -2.53. The van der Waals surface area contributed by atoms with Crippen LogP contribution in [0.5, 0.6) is 0 Å². The SMILES string of the molecule is CC1(C)CN(CCN(C2=CN(N(CCN3CC(C)(C)NC(C)(C)C3=O)C3CCCCC3)NN(N(CCN3CC(C)(C)NC(C)(C)C3=O)C3CCCCC3)C2)C2CCCCC2)C(=O)C(C)(C)N1. The maximum Gasteiger partial charge on any atom is 0.242 e. The molecule has 0 aromatic heterocycles. The number of amides is 3. The Morgan fingerprint density at radius 1 is 0.485 bits per heavy atom. The first-order valence-corrected chi connectivity index (χ1v) is 26.5. The van der Waals surface area contributed by atoms with Crippen molar-refractivity contribution >= 4 is 17.7 Å². The van der Waals surface area contributed by atoms with Gasteiger partial charge < -0.3 is 19.6 Å². The first-order chi connectivity index (χ1) is 30.9. The normalized spacial score (nSPS) is 27.8. The van der Waals surface area contributed by atoms with Crippen molar-refractivity contribution in [2.24, 2.45) is 0 Å². The van der Waals surface area contributed by atoms with Crippen LogP contribution in [0.15, 0.2) is 11.9 Å².